The number of nitrogens with one attached hydrogen (secondary N) is 1. The first-order chi connectivity index (χ1) is 12.3. The molecule has 0 heterocycles. The predicted molar refractivity (Wildman–Crippen MR) is 102 cm³/mol. The fourth-order valence-electron chi connectivity index (χ4n) is 2.51. The van der Waals surface area contributed by atoms with Crippen LogP contribution in [-0.2, 0) is 4.79 Å². The zero-order valence-electron chi connectivity index (χ0n) is 14.0. The topological polar surface area (TPSA) is 38.3 Å². The molecule has 3 rings (SSSR count). The van der Waals surface area contributed by atoms with E-state index in [1.807, 2.05) is 84.9 Å². The number of hydrogen-bond donors (Lipinski definition) is 1. The van der Waals surface area contributed by atoms with Crippen LogP contribution in [0.4, 0.5) is 5.69 Å². The van der Waals surface area contributed by atoms with Crippen molar-refractivity contribution in [2.45, 2.75) is 0 Å². The summed E-state index contributed by atoms with van der Waals surface area (Å²) in [5.41, 5.74) is 3.14. The first-order valence-corrected chi connectivity index (χ1v) is 8.04. The van der Waals surface area contributed by atoms with Gasteiger partial charge in [-0.3, -0.25) is 4.79 Å². The van der Waals surface area contributed by atoms with E-state index in [0.29, 0.717) is 17.0 Å². The molecule has 0 aliphatic rings. The van der Waals surface area contributed by atoms with Gasteiger partial charge in [0.15, 0.2) is 0 Å². The van der Waals surface area contributed by atoms with E-state index in [1.165, 1.54) is 0 Å². The van der Waals surface area contributed by atoms with Gasteiger partial charge in [-0.1, -0.05) is 66.7 Å². The Bertz CT molecular complexity index is 871. The van der Waals surface area contributed by atoms with Crippen LogP contribution in [-0.4, -0.2) is 13.0 Å². The highest BCUT2D eigenvalue weighted by molar-refractivity contribution is 6.29. The lowest BCUT2D eigenvalue weighted by molar-refractivity contribution is -0.111. The first-order valence-electron chi connectivity index (χ1n) is 8.04. The molecule has 0 spiro atoms. The predicted octanol–water partition coefficient (Wildman–Crippen LogP) is 4.87. The summed E-state index contributed by atoms with van der Waals surface area (Å²) in [4.78, 5) is 12.9. The Morgan fingerprint density at radius 3 is 2.24 bits per heavy atom. The summed E-state index contributed by atoms with van der Waals surface area (Å²) in [6.07, 6.45) is 1.89. The van der Waals surface area contributed by atoms with Crippen LogP contribution >= 0.6 is 0 Å². The monoisotopic (exact) mass is 329 g/mol. The summed E-state index contributed by atoms with van der Waals surface area (Å²) in [6, 6.07) is 26.8. The molecular weight excluding hydrogens is 310 g/mol. The van der Waals surface area contributed by atoms with E-state index in [1.54, 1.807) is 13.2 Å². The molecule has 0 saturated carbocycles. The molecule has 0 unspecified atom stereocenters. The molecule has 1 amide bonds. The minimum atomic E-state index is -0.164. The number of carbonyl (C=O) groups excluding carboxylic acids is 1. The van der Waals surface area contributed by atoms with Gasteiger partial charge in [-0.05, 0) is 29.3 Å². The van der Waals surface area contributed by atoms with Gasteiger partial charge in [0.05, 0.1) is 7.11 Å². The van der Waals surface area contributed by atoms with Crippen molar-refractivity contribution in [1.29, 1.82) is 0 Å². The molecule has 0 aliphatic carbocycles. The van der Waals surface area contributed by atoms with E-state index in [4.69, 9.17) is 4.74 Å². The number of hydrogen-bond acceptors (Lipinski definition) is 2. The Balaban J connectivity index is 1.94. The Hall–Kier alpha value is -3.33. The maximum atomic E-state index is 12.9. The van der Waals surface area contributed by atoms with E-state index in [-0.39, 0.29) is 5.91 Å². The number of ether oxygens (including phenoxy) is 1. The molecule has 3 aromatic rings. The molecule has 0 fully saturated rings. The van der Waals surface area contributed by atoms with Crippen molar-refractivity contribution in [2.24, 2.45) is 0 Å². The van der Waals surface area contributed by atoms with E-state index in [2.05, 4.69) is 5.32 Å². The SMILES string of the molecule is COc1cccc(NC(=O)/C(=C/c2ccccc2)c2ccccc2)c1. The number of anilines is 1. The van der Waals surface area contributed by atoms with Crippen LogP contribution in [0.25, 0.3) is 11.6 Å². The number of benzene rings is 3. The molecule has 0 bridgehead atoms. The van der Waals surface area contributed by atoms with E-state index >= 15 is 0 Å². The zero-order valence-corrected chi connectivity index (χ0v) is 14.0. The van der Waals surface area contributed by atoms with Crippen LogP contribution in [0, 0.1) is 0 Å². The number of methoxy groups -OCH3 is 1. The van der Waals surface area contributed by atoms with Crippen LogP contribution < -0.4 is 10.1 Å². The maximum absolute atomic E-state index is 12.9. The molecular formula is C22H19NO2. The summed E-state index contributed by atoms with van der Waals surface area (Å²) in [5.74, 6) is 0.536. The van der Waals surface area contributed by atoms with Gasteiger partial charge in [-0.2, -0.15) is 0 Å². The normalized spacial score (nSPS) is 11.0. The van der Waals surface area contributed by atoms with Crippen molar-refractivity contribution >= 4 is 23.2 Å². The van der Waals surface area contributed by atoms with Crippen LogP contribution in [0.3, 0.4) is 0 Å². The summed E-state index contributed by atoms with van der Waals surface area (Å²) in [6.45, 7) is 0. The van der Waals surface area contributed by atoms with Gasteiger partial charge in [0.1, 0.15) is 5.75 Å². The van der Waals surface area contributed by atoms with Gasteiger partial charge >= 0.3 is 0 Å². The minimum absolute atomic E-state index is 0.164. The number of amides is 1. The Labute approximate surface area is 147 Å². The third kappa shape index (κ3) is 4.36. The smallest absolute Gasteiger partial charge is 0.256 e. The molecule has 3 heteroatoms. The van der Waals surface area contributed by atoms with E-state index in [9.17, 15) is 4.79 Å². The van der Waals surface area contributed by atoms with E-state index in [0.717, 1.165) is 11.1 Å². The lowest BCUT2D eigenvalue weighted by Crippen LogP contribution is -2.13. The van der Waals surface area contributed by atoms with E-state index < -0.39 is 0 Å². The van der Waals surface area contributed by atoms with Gasteiger partial charge in [-0.25, -0.2) is 0 Å². The second-order valence-electron chi connectivity index (χ2n) is 5.52. The average Bonchev–Trinajstić information content (AvgIpc) is 2.67. The van der Waals surface area contributed by atoms with Gasteiger partial charge < -0.3 is 10.1 Å². The Morgan fingerprint density at radius 2 is 1.56 bits per heavy atom. The standard InChI is InChI=1S/C22H19NO2/c1-25-20-14-8-13-19(16-20)23-22(24)21(18-11-6-3-7-12-18)15-17-9-4-2-5-10-17/h2-16H,1H3,(H,23,24)/b21-15+. The van der Waals surface area contributed by atoms with Crippen molar-refractivity contribution in [3.63, 3.8) is 0 Å². The van der Waals surface area contributed by atoms with Crippen molar-refractivity contribution in [1.82, 2.24) is 0 Å². The fourth-order valence-corrected chi connectivity index (χ4v) is 2.51. The lowest BCUT2D eigenvalue weighted by atomic mass is 10.0. The maximum Gasteiger partial charge on any atom is 0.256 e. The highest BCUT2D eigenvalue weighted by Gasteiger charge is 2.12. The molecule has 3 aromatic carbocycles. The highest BCUT2D eigenvalue weighted by atomic mass is 16.5. The van der Waals surface area contributed by atoms with Gasteiger partial charge in [-0.15, -0.1) is 0 Å². The van der Waals surface area contributed by atoms with Crippen LogP contribution in [0.2, 0.25) is 0 Å². The van der Waals surface area contributed by atoms with Gasteiger partial charge in [0.25, 0.3) is 5.91 Å². The molecule has 0 radical (unpaired) electrons. The third-order valence-electron chi connectivity index (χ3n) is 3.77. The molecule has 1 N–H and O–H groups in total. The number of carbonyl (C=O) groups is 1. The highest BCUT2D eigenvalue weighted by Crippen LogP contribution is 2.22. The zero-order chi connectivity index (χ0) is 17.5. The van der Waals surface area contributed by atoms with Crippen molar-refractivity contribution in [3.05, 3.63) is 96.1 Å². The Morgan fingerprint density at radius 1 is 0.880 bits per heavy atom. The number of rotatable bonds is 5. The van der Waals surface area contributed by atoms with Crippen molar-refractivity contribution in [2.75, 3.05) is 12.4 Å². The first kappa shape index (κ1) is 16.5. The van der Waals surface area contributed by atoms with Gasteiger partial charge in [0, 0.05) is 17.3 Å². The fraction of sp³-hybridized carbons (Fsp3) is 0.0455. The van der Waals surface area contributed by atoms with Crippen LogP contribution in [0.5, 0.6) is 5.75 Å². The molecule has 0 aromatic heterocycles. The second kappa shape index (κ2) is 7.97. The quantitative estimate of drug-likeness (QED) is 0.535. The molecule has 25 heavy (non-hydrogen) atoms. The average molecular weight is 329 g/mol. The molecule has 0 aliphatic heterocycles. The van der Waals surface area contributed by atoms with Crippen LogP contribution in [0.15, 0.2) is 84.9 Å². The van der Waals surface area contributed by atoms with Crippen LogP contribution in [0.1, 0.15) is 11.1 Å². The van der Waals surface area contributed by atoms with Crippen molar-refractivity contribution < 1.29 is 9.53 Å². The summed E-state index contributed by atoms with van der Waals surface area (Å²) in [7, 11) is 1.60. The van der Waals surface area contributed by atoms with Gasteiger partial charge in [0.2, 0.25) is 0 Å². The molecule has 0 saturated heterocycles. The summed E-state index contributed by atoms with van der Waals surface area (Å²) in [5, 5.41) is 2.95. The summed E-state index contributed by atoms with van der Waals surface area (Å²) >= 11 is 0. The second-order valence-corrected chi connectivity index (χ2v) is 5.52. The molecule has 3 nitrogen and oxygen atoms in total. The third-order valence-corrected chi connectivity index (χ3v) is 3.77. The largest absolute Gasteiger partial charge is 0.497 e. The molecule has 124 valence electrons. The van der Waals surface area contributed by atoms with Crippen molar-refractivity contribution in [3.8, 4) is 5.75 Å². The lowest BCUT2D eigenvalue weighted by Gasteiger charge is -2.11. The summed E-state index contributed by atoms with van der Waals surface area (Å²) < 4.78 is 5.21. The Kier molecular flexibility index (Phi) is 5.27. The minimum Gasteiger partial charge on any atom is -0.497 e. The molecule has 0 atom stereocenters.